The number of aliphatic hydroxyl groups excluding tert-OH is 1. The monoisotopic (exact) mass is 493 g/mol. The number of imidazole rings is 1. The molecule has 0 amide bonds. The summed E-state index contributed by atoms with van der Waals surface area (Å²) >= 11 is 1.67. The number of H-pyrrole nitrogens is 1. The number of ether oxygens (including phenoxy) is 3. The number of anilines is 1. The van der Waals surface area contributed by atoms with Crippen LogP contribution in [0.15, 0.2) is 66.2 Å². The van der Waals surface area contributed by atoms with Crippen LogP contribution in [-0.2, 0) is 0 Å². The van der Waals surface area contributed by atoms with Gasteiger partial charge in [-0.3, -0.25) is 0 Å². The predicted molar refractivity (Wildman–Crippen MR) is 141 cm³/mol. The molecule has 7 nitrogen and oxygen atoms in total. The lowest BCUT2D eigenvalue weighted by molar-refractivity contribution is 0.111. The summed E-state index contributed by atoms with van der Waals surface area (Å²) in [4.78, 5) is 11.1. The highest BCUT2D eigenvalue weighted by atomic mass is 32.1. The summed E-state index contributed by atoms with van der Waals surface area (Å²) in [5.41, 5.74) is 2.92. The summed E-state index contributed by atoms with van der Waals surface area (Å²) in [7, 11) is 3.23. The Morgan fingerprint density at radius 1 is 1.03 bits per heavy atom. The third-order valence-electron chi connectivity index (χ3n) is 5.66. The number of hydrogen-bond acceptors (Lipinski definition) is 7. The fourth-order valence-electron chi connectivity index (χ4n) is 3.82. The Morgan fingerprint density at radius 2 is 1.80 bits per heavy atom. The van der Waals surface area contributed by atoms with E-state index < -0.39 is 6.10 Å². The average Bonchev–Trinajstić information content (AvgIpc) is 3.58. The first-order valence-electron chi connectivity index (χ1n) is 11.5. The van der Waals surface area contributed by atoms with Gasteiger partial charge in [0.15, 0.2) is 11.5 Å². The maximum atomic E-state index is 10.7. The first kappa shape index (κ1) is 24.6. The molecule has 4 aromatic rings. The standard InChI is InChI=1S/C27H31N3O4S/c1-18(2)30(20-9-12-24(32-3)25(14-20)33-4)16-21(31)17-34-22-10-7-19(8-11-22)27-28-15-23(29-27)26-6-5-13-35-26/h5-15,18,21,31H,16-17H2,1-4H3,(H,28,29). The van der Waals surface area contributed by atoms with Crippen LogP contribution in [0.25, 0.3) is 22.0 Å². The number of nitrogens with one attached hydrogen (secondary N) is 1. The van der Waals surface area contributed by atoms with Crippen molar-refractivity contribution in [3.05, 3.63) is 66.2 Å². The Balaban J connectivity index is 1.36. The van der Waals surface area contributed by atoms with Crippen LogP contribution in [0.4, 0.5) is 5.69 Å². The average molecular weight is 494 g/mol. The van der Waals surface area contributed by atoms with Gasteiger partial charge in [0.05, 0.1) is 31.0 Å². The number of hydrogen-bond donors (Lipinski definition) is 2. The first-order chi connectivity index (χ1) is 17.0. The Labute approximate surface area is 209 Å². The lowest BCUT2D eigenvalue weighted by atomic mass is 10.2. The number of methoxy groups -OCH3 is 2. The minimum atomic E-state index is -0.677. The summed E-state index contributed by atoms with van der Waals surface area (Å²) < 4.78 is 16.6. The van der Waals surface area contributed by atoms with E-state index in [2.05, 4.69) is 34.8 Å². The first-order valence-corrected chi connectivity index (χ1v) is 12.3. The molecule has 8 heteroatoms. The number of aliphatic hydroxyl groups is 1. The topological polar surface area (TPSA) is 79.8 Å². The summed E-state index contributed by atoms with van der Waals surface area (Å²) in [6.07, 6.45) is 1.17. The van der Waals surface area contributed by atoms with Crippen LogP contribution in [0.1, 0.15) is 13.8 Å². The van der Waals surface area contributed by atoms with E-state index in [1.54, 1.807) is 25.6 Å². The second kappa shape index (κ2) is 11.3. The number of aromatic nitrogens is 2. The quantitative estimate of drug-likeness (QED) is 0.288. The van der Waals surface area contributed by atoms with Gasteiger partial charge in [0.1, 0.15) is 24.3 Å². The third-order valence-corrected chi connectivity index (χ3v) is 6.57. The molecule has 184 valence electrons. The largest absolute Gasteiger partial charge is 0.493 e. The van der Waals surface area contributed by atoms with E-state index in [0.29, 0.717) is 23.8 Å². The van der Waals surface area contributed by atoms with E-state index in [9.17, 15) is 5.11 Å². The normalized spacial score (nSPS) is 11.9. The summed E-state index contributed by atoms with van der Waals surface area (Å²) in [6, 6.07) is 17.7. The van der Waals surface area contributed by atoms with Crippen LogP contribution in [0, 0.1) is 0 Å². The molecule has 4 rings (SSSR count). The van der Waals surface area contributed by atoms with Crippen LogP contribution in [0.5, 0.6) is 17.2 Å². The van der Waals surface area contributed by atoms with Crippen LogP contribution < -0.4 is 19.1 Å². The molecule has 0 saturated heterocycles. The van der Waals surface area contributed by atoms with Crippen LogP contribution >= 0.6 is 11.3 Å². The highest BCUT2D eigenvalue weighted by molar-refractivity contribution is 7.13. The molecule has 2 heterocycles. The Kier molecular flexibility index (Phi) is 7.94. The van der Waals surface area contributed by atoms with Gasteiger partial charge in [0, 0.05) is 29.9 Å². The lowest BCUT2D eigenvalue weighted by Gasteiger charge is -2.31. The zero-order valence-electron chi connectivity index (χ0n) is 20.4. The zero-order valence-corrected chi connectivity index (χ0v) is 21.2. The molecule has 35 heavy (non-hydrogen) atoms. The predicted octanol–water partition coefficient (Wildman–Crippen LogP) is 5.48. The Hall–Kier alpha value is -3.49. The molecule has 0 aliphatic heterocycles. The molecule has 0 saturated carbocycles. The lowest BCUT2D eigenvalue weighted by Crippen LogP contribution is -2.40. The van der Waals surface area contributed by atoms with Crippen molar-refractivity contribution in [3.8, 4) is 39.2 Å². The van der Waals surface area contributed by atoms with Gasteiger partial charge in [0.2, 0.25) is 0 Å². The van der Waals surface area contributed by atoms with Gasteiger partial charge < -0.3 is 29.2 Å². The molecular weight excluding hydrogens is 462 g/mol. The second-order valence-electron chi connectivity index (χ2n) is 8.40. The molecule has 2 aromatic heterocycles. The number of benzene rings is 2. The van der Waals surface area contributed by atoms with Crippen molar-refractivity contribution in [1.29, 1.82) is 0 Å². The minimum Gasteiger partial charge on any atom is -0.493 e. The van der Waals surface area contributed by atoms with Crippen molar-refractivity contribution in [3.63, 3.8) is 0 Å². The number of nitrogens with zero attached hydrogens (tertiary/aromatic N) is 2. The summed E-state index contributed by atoms with van der Waals surface area (Å²) in [5.74, 6) is 2.83. The van der Waals surface area contributed by atoms with Gasteiger partial charge >= 0.3 is 0 Å². The number of rotatable bonds is 11. The van der Waals surface area contributed by atoms with Crippen LogP contribution in [0.3, 0.4) is 0 Å². The molecule has 1 unspecified atom stereocenters. The highest BCUT2D eigenvalue weighted by Gasteiger charge is 2.18. The van der Waals surface area contributed by atoms with Gasteiger partial charge in [-0.05, 0) is 61.7 Å². The van der Waals surface area contributed by atoms with Crippen molar-refractivity contribution >= 4 is 17.0 Å². The van der Waals surface area contributed by atoms with Crippen molar-refractivity contribution < 1.29 is 19.3 Å². The van der Waals surface area contributed by atoms with E-state index >= 15 is 0 Å². The Bertz CT molecular complexity index is 1210. The third kappa shape index (κ3) is 5.96. The van der Waals surface area contributed by atoms with E-state index in [1.807, 2.05) is 60.1 Å². The van der Waals surface area contributed by atoms with Crippen molar-refractivity contribution in [1.82, 2.24) is 9.97 Å². The number of thiophene rings is 1. The van der Waals surface area contributed by atoms with Crippen molar-refractivity contribution in [2.45, 2.75) is 26.0 Å². The Morgan fingerprint density at radius 3 is 2.46 bits per heavy atom. The highest BCUT2D eigenvalue weighted by Crippen LogP contribution is 2.32. The zero-order chi connectivity index (χ0) is 24.8. The molecule has 0 aliphatic rings. The SMILES string of the molecule is COc1ccc(N(CC(O)COc2ccc(-c3ncc(-c4cccs4)[nH]3)cc2)C(C)C)cc1OC. The fraction of sp³-hybridized carbons (Fsp3) is 0.296. The molecule has 2 N–H and O–H groups in total. The van der Waals surface area contributed by atoms with Gasteiger partial charge in [-0.1, -0.05) is 6.07 Å². The molecule has 0 radical (unpaired) electrons. The molecule has 0 aliphatic carbocycles. The maximum Gasteiger partial charge on any atom is 0.162 e. The summed E-state index contributed by atoms with van der Waals surface area (Å²) in [6.45, 7) is 4.77. The smallest absolute Gasteiger partial charge is 0.162 e. The molecular formula is C27H31N3O4S. The molecule has 0 spiro atoms. The van der Waals surface area contributed by atoms with Crippen LogP contribution in [-0.4, -0.2) is 54.6 Å². The summed E-state index contributed by atoms with van der Waals surface area (Å²) in [5, 5.41) is 12.8. The fourth-order valence-corrected chi connectivity index (χ4v) is 4.52. The molecule has 2 aromatic carbocycles. The molecule has 0 fully saturated rings. The second-order valence-corrected chi connectivity index (χ2v) is 9.35. The van der Waals surface area contributed by atoms with Gasteiger partial charge in [-0.25, -0.2) is 4.98 Å². The van der Waals surface area contributed by atoms with Crippen molar-refractivity contribution in [2.75, 3.05) is 32.3 Å². The molecule has 0 bridgehead atoms. The van der Waals surface area contributed by atoms with Crippen LogP contribution in [0.2, 0.25) is 0 Å². The maximum absolute atomic E-state index is 10.7. The van der Waals surface area contributed by atoms with Gasteiger partial charge in [0.25, 0.3) is 0 Å². The van der Waals surface area contributed by atoms with E-state index in [4.69, 9.17) is 14.2 Å². The van der Waals surface area contributed by atoms with E-state index in [1.165, 1.54) is 0 Å². The molecule has 1 atom stereocenters. The van der Waals surface area contributed by atoms with Crippen molar-refractivity contribution in [2.24, 2.45) is 0 Å². The van der Waals surface area contributed by atoms with Gasteiger partial charge in [-0.2, -0.15) is 0 Å². The van der Waals surface area contributed by atoms with Gasteiger partial charge in [-0.15, -0.1) is 11.3 Å². The minimum absolute atomic E-state index is 0.175. The number of aromatic amines is 1. The van der Waals surface area contributed by atoms with E-state index in [-0.39, 0.29) is 12.6 Å². The van der Waals surface area contributed by atoms with E-state index in [0.717, 1.165) is 27.6 Å².